The molecule has 0 atom stereocenters. The van der Waals surface area contributed by atoms with Crippen LogP contribution in [0.2, 0.25) is 0 Å². The van der Waals surface area contributed by atoms with E-state index in [-0.39, 0.29) is 11.5 Å². The number of amidine groups is 1. The highest BCUT2D eigenvalue weighted by atomic mass is 16.6. The van der Waals surface area contributed by atoms with Gasteiger partial charge in [-0.2, -0.15) is 0 Å². The zero-order valence-electron chi connectivity index (χ0n) is 7.70. The first-order valence-corrected chi connectivity index (χ1v) is 4.03. The Morgan fingerprint density at radius 2 is 2.33 bits per heavy atom. The van der Waals surface area contributed by atoms with Crippen LogP contribution in [0.3, 0.4) is 0 Å². The number of nitrogens with zero attached hydrogens (tertiary/aromatic N) is 2. The van der Waals surface area contributed by atoms with Crippen LogP contribution in [0, 0.1) is 10.1 Å². The van der Waals surface area contributed by atoms with E-state index in [1.165, 1.54) is 24.3 Å². The SMILES string of the molecule is NC(/C=C/c1cccc([N+](=O)[O-])c1)=NO. The van der Waals surface area contributed by atoms with Crippen molar-refractivity contribution in [2.45, 2.75) is 0 Å². The van der Waals surface area contributed by atoms with Crippen LogP contribution in [0.15, 0.2) is 35.5 Å². The van der Waals surface area contributed by atoms with E-state index in [0.717, 1.165) is 0 Å². The van der Waals surface area contributed by atoms with E-state index in [4.69, 9.17) is 10.9 Å². The molecule has 0 amide bonds. The average molecular weight is 207 g/mol. The van der Waals surface area contributed by atoms with Crippen molar-refractivity contribution in [3.63, 3.8) is 0 Å². The van der Waals surface area contributed by atoms with Gasteiger partial charge >= 0.3 is 0 Å². The lowest BCUT2D eigenvalue weighted by molar-refractivity contribution is -0.384. The third-order valence-corrected chi connectivity index (χ3v) is 1.64. The second-order valence-corrected chi connectivity index (χ2v) is 2.71. The first-order chi connectivity index (χ1) is 7.13. The highest BCUT2D eigenvalue weighted by Gasteiger charge is 2.03. The van der Waals surface area contributed by atoms with Crippen molar-refractivity contribution in [3.05, 3.63) is 46.0 Å². The molecule has 0 radical (unpaired) electrons. The fraction of sp³-hybridized carbons (Fsp3) is 0. The lowest BCUT2D eigenvalue weighted by Gasteiger charge is -1.93. The van der Waals surface area contributed by atoms with Crippen molar-refractivity contribution >= 4 is 17.6 Å². The summed E-state index contributed by atoms with van der Waals surface area (Å²) in [6, 6.07) is 6.01. The van der Waals surface area contributed by atoms with Crippen molar-refractivity contribution in [3.8, 4) is 0 Å². The molecule has 0 unspecified atom stereocenters. The van der Waals surface area contributed by atoms with E-state index in [9.17, 15) is 10.1 Å². The molecule has 1 aromatic carbocycles. The minimum atomic E-state index is -0.485. The third-order valence-electron chi connectivity index (χ3n) is 1.64. The summed E-state index contributed by atoms with van der Waals surface area (Å²) in [6.07, 6.45) is 2.86. The summed E-state index contributed by atoms with van der Waals surface area (Å²) >= 11 is 0. The molecular formula is C9H9N3O3. The monoisotopic (exact) mass is 207 g/mol. The van der Waals surface area contributed by atoms with E-state index in [0.29, 0.717) is 5.56 Å². The molecule has 3 N–H and O–H groups in total. The van der Waals surface area contributed by atoms with Crippen molar-refractivity contribution in [2.24, 2.45) is 10.9 Å². The molecule has 15 heavy (non-hydrogen) atoms. The molecule has 1 rings (SSSR count). The molecule has 0 aliphatic carbocycles. The Kier molecular flexibility index (Phi) is 3.39. The van der Waals surface area contributed by atoms with Crippen LogP contribution in [0.25, 0.3) is 6.08 Å². The standard InChI is InChI=1S/C9H9N3O3/c10-9(11-13)5-4-7-2-1-3-8(6-7)12(14)15/h1-6,13H,(H2,10,11)/b5-4+. The quantitative estimate of drug-likeness (QED) is 0.257. The summed E-state index contributed by atoms with van der Waals surface area (Å²) in [6.45, 7) is 0. The van der Waals surface area contributed by atoms with E-state index < -0.39 is 4.92 Å². The number of benzene rings is 1. The average Bonchev–Trinajstić information content (AvgIpc) is 2.26. The smallest absolute Gasteiger partial charge is 0.270 e. The molecule has 0 saturated heterocycles. The summed E-state index contributed by atoms with van der Waals surface area (Å²) in [5, 5.41) is 21.4. The largest absolute Gasteiger partial charge is 0.409 e. The van der Waals surface area contributed by atoms with E-state index in [1.54, 1.807) is 12.1 Å². The number of hydrogen-bond acceptors (Lipinski definition) is 4. The summed E-state index contributed by atoms with van der Waals surface area (Å²) in [5.41, 5.74) is 5.80. The highest BCUT2D eigenvalue weighted by molar-refractivity contribution is 5.94. The van der Waals surface area contributed by atoms with Gasteiger partial charge in [0, 0.05) is 12.1 Å². The zero-order chi connectivity index (χ0) is 11.3. The van der Waals surface area contributed by atoms with Crippen LogP contribution in [-0.2, 0) is 0 Å². The lowest BCUT2D eigenvalue weighted by atomic mass is 10.2. The number of oxime groups is 1. The second-order valence-electron chi connectivity index (χ2n) is 2.71. The summed E-state index contributed by atoms with van der Waals surface area (Å²) in [5.74, 6) is -0.0680. The number of nitro benzene ring substituents is 1. The molecule has 6 nitrogen and oxygen atoms in total. The van der Waals surface area contributed by atoms with Gasteiger partial charge < -0.3 is 10.9 Å². The Labute approximate surface area is 85.5 Å². The topological polar surface area (TPSA) is 102 Å². The van der Waals surface area contributed by atoms with E-state index >= 15 is 0 Å². The first kappa shape index (κ1) is 10.7. The maximum Gasteiger partial charge on any atom is 0.270 e. The van der Waals surface area contributed by atoms with E-state index in [1.807, 2.05) is 0 Å². The van der Waals surface area contributed by atoms with Crippen LogP contribution in [-0.4, -0.2) is 16.0 Å². The second kappa shape index (κ2) is 4.75. The third kappa shape index (κ3) is 3.11. The van der Waals surface area contributed by atoms with Crippen LogP contribution in [0.1, 0.15) is 5.56 Å². The first-order valence-electron chi connectivity index (χ1n) is 4.03. The van der Waals surface area contributed by atoms with Crippen molar-refractivity contribution in [2.75, 3.05) is 0 Å². The molecule has 0 heterocycles. The van der Waals surface area contributed by atoms with Crippen molar-refractivity contribution in [1.82, 2.24) is 0 Å². The van der Waals surface area contributed by atoms with Gasteiger partial charge in [-0.3, -0.25) is 10.1 Å². The Bertz CT molecular complexity index is 426. The molecule has 1 aromatic rings. The normalized spacial score (nSPS) is 11.9. The minimum absolute atomic E-state index is 0.00309. The molecule has 78 valence electrons. The van der Waals surface area contributed by atoms with Gasteiger partial charge in [-0.05, 0) is 11.6 Å². The van der Waals surface area contributed by atoms with Gasteiger partial charge in [-0.1, -0.05) is 23.4 Å². The van der Waals surface area contributed by atoms with Gasteiger partial charge in [0.25, 0.3) is 5.69 Å². The number of non-ortho nitro benzene ring substituents is 1. The highest BCUT2D eigenvalue weighted by Crippen LogP contribution is 2.13. The van der Waals surface area contributed by atoms with E-state index in [2.05, 4.69) is 5.16 Å². The van der Waals surface area contributed by atoms with Crippen molar-refractivity contribution in [1.29, 1.82) is 0 Å². The Morgan fingerprint density at radius 3 is 2.93 bits per heavy atom. The van der Waals surface area contributed by atoms with Gasteiger partial charge in [0.2, 0.25) is 0 Å². The predicted octanol–water partition coefficient (Wildman–Crippen LogP) is 1.35. The van der Waals surface area contributed by atoms with Crippen molar-refractivity contribution < 1.29 is 10.1 Å². The fourth-order valence-electron chi connectivity index (χ4n) is 0.957. The Hall–Kier alpha value is -2.37. The molecule has 0 fully saturated rings. The van der Waals surface area contributed by atoms with Crippen LogP contribution in [0.5, 0.6) is 0 Å². The minimum Gasteiger partial charge on any atom is -0.409 e. The predicted molar refractivity (Wildman–Crippen MR) is 55.5 cm³/mol. The number of hydrogen-bond donors (Lipinski definition) is 2. The molecule has 0 aliphatic rings. The molecule has 0 aliphatic heterocycles. The molecule has 0 spiro atoms. The molecule has 0 bridgehead atoms. The Morgan fingerprint density at radius 1 is 1.60 bits per heavy atom. The molecule has 0 saturated carbocycles. The lowest BCUT2D eigenvalue weighted by Crippen LogP contribution is -2.06. The van der Waals surface area contributed by atoms with Crippen LogP contribution in [0.4, 0.5) is 5.69 Å². The maximum absolute atomic E-state index is 10.4. The van der Waals surface area contributed by atoms with Gasteiger partial charge in [-0.15, -0.1) is 0 Å². The molecule has 0 aromatic heterocycles. The number of rotatable bonds is 3. The number of nitro groups is 1. The van der Waals surface area contributed by atoms with Gasteiger partial charge in [0.15, 0.2) is 5.84 Å². The Balaban J connectivity index is 2.92. The summed E-state index contributed by atoms with van der Waals surface area (Å²) in [7, 11) is 0. The maximum atomic E-state index is 10.4. The molecular weight excluding hydrogens is 198 g/mol. The zero-order valence-corrected chi connectivity index (χ0v) is 7.70. The van der Waals surface area contributed by atoms with Crippen LogP contribution >= 0.6 is 0 Å². The summed E-state index contributed by atoms with van der Waals surface area (Å²) < 4.78 is 0. The van der Waals surface area contributed by atoms with Crippen LogP contribution < -0.4 is 5.73 Å². The van der Waals surface area contributed by atoms with Gasteiger partial charge in [-0.25, -0.2) is 0 Å². The van der Waals surface area contributed by atoms with Gasteiger partial charge in [0.1, 0.15) is 0 Å². The number of nitrogens with two attached hydrogens (primary N) is 1. The molecule has 6 heteroatoms. The summed E-state index contributed by atoms with van der Waals surface area (Å²) in [4.78, 5) is 9.96. The van der Waals surface area contributed by atoms with Gasteiger partial charge in [0.05, 0.1) is 4.92 Å². The fourth-order valence-corrected chi connectivity index (χ4v) is 0.957.